The molecule has 104 valence electrons. The van der Waals surface area contributed by atoms with E-state index in [1.54, 1.807) is 0 Å². The third-order valence-electron chi connectivity index (χ3n) is 4.10. The molecule has 0 spiro atoms. The van der Waals surface area contributed by atoms with E-state index in [2.05, 4.69) is 0 Å². The summed E-state index contributed by atoms with van der Waals surface area (Å²) < 4.78 is 17.4. The largest absolute Gasteiger partial charge is 0.490 e. The molecule has 0 N–H and O–H groups in total. The van der Waals surface area contributed by atoms with Gasteiger partial charge in [0.05, 0.1) is 5.39 Å². The molecule has 4 heteroatoms. The van der Waals surface area contributed by atoms with E-state index >= 15 is 0 Å². The Morgan fingerprint density at radius 3 is 2.45 bits per heavy atom. The van der Waals surface area contributed by atoms with E-state index in [-0.39, 0.29) is 17.8 Å². The summed E-state index contributed by atoms with van der Waals surface area (Å²) in [4.78, 5) is 11.7. The molecule has 2 aliphatic heterocycles. The monoisotopic (exact) mass is 272 g/mol. The molecule has 20 heavy (non-hydrogen) atoms. The summed E-state index contributed by atoms with van der Waals surface area (Å²) in [5.41, 5.74) is 3.37. The predicted molar refractivity (Wildman–Crippen MR) is 74.8 cm³/mol. The fraction of sp³-hybridized carbons (Fsp3) is 0.438. The van der Waals surface area contributed by atoms with Gasteiger partial charge in [-0.1, -0.05) is 0 Å². The average Bonchev–Trinajstić information content (AvgIpc) is 2.91. The van der Waals surface area contributed by atoms with Crippen LogP contribution < -0.4 is 15.1 Å². The van der Waals surface area contributed by atoms with E-state index in [4.69, 9.17) is 13.9 Å². The fourth-order valence-electron chi connectivity index (χ4n) is 3.35. The van der Waals surface area contributed by atoms with Crippen LogP contribution in [0, 0.1) is 6.92 Å². The van der Waals surface area contributed by atoms with Gasteiger partial charge in [0.2, 0.25) is 0 Å². The summed E-state index contributed by atoms with van der Waals surface area (Å²) in [5.74, 6) is 1.71. The van der Waals surface area contributed by atoms with E-state index in [1.807, 2.05) is 20.8 Å². The first kappa shape index (κ1) is 11.8. The van der Waals surface area contributed by atoms with E-state index in [0.717, 1.165) is 46.4 Å². The first-order chi connectivity index (χ1) is 9.54. The summed E-state index contributed by atoms with van der Waals surface area (Å²) in [6, 6.07) is 1.53. The van der Waals surface area contributed by atoms with Crippen molar-refractivity contribution in [1.82, 2.24) is 0 Å². The van der Waals surface area contributed by atoms with Gasteiger partial charge in [0.1, 0.15) is 29.3 Å². The molecule has 0 amide bonds. The maximum absolute atomic E-state index is 11.7. The lowest BCUT2D eigenvalue weighted by atomic mass is 9.98. The van der Waals surface area contributed by atoms with Crippen LogP contribution in [-0.2, 0) is 12.8 Å². The standard InChI is InChI=1S/C16H16O4/c1-7-4-12(17)20-16-11-5-8(2)18-14(11)10-6-9(3)19-15(10)13(7)16/h4,8-9H,5-6H2,1-3H3. The molecule has 1 aromatic carbocycles. The minimum atomic E-state index is -0.317. The Labute approximate surface area is 116 Å². The van der Waals surface area contributed by atoms with Crippen LogP contribution in [-0.4, -0.2) is 12.2 Å². The van der Waals surface area contributed by atoms with Crippen LogP contribution in [0.1, 0.15) is 30.5 Å². The molecule has 0 bridgehead atoms. The minimum absolute atomic E-state index is 0.112. The van der Waals surface area contributed by atoms with Crippen LogP contribution in [0.5, 0.6) is 11.5 Å². The highest BCUT2D eigenvalue weighted by Crippen LogP contribution is 2.49. The average molecular weight is 272 g/mol. The molecule has 2 aromatic rings. The summed E-state index contributed by atoms with van der Waals surface area (Å²) in [7, 11) is 0. The topological polar surface area (TPSA) is 48.7 Å². The summed E-state index contributed by atoms with van der Waals surface area (Å²) in [6.07, 6.45) is 1.87. The van der Waals surface area contributed by atoms with Gasteiger partial charge in [-0.25, -0.2) is 4.79 Å². The van der Waals surface area contributed by atoms with Crippen molar-refractivity contribution < 1.29 is 13.9 Å². The molecule has 0 aliphatic carbocycles. The number of rotatable bonds is 0. The first-order valence-electron chi connectivity index (χ1n) is 7.00. The number of hydrogen-bond acceptors (Lipinski definition) is 4. The second-order valence-electron chi connectivity index (χ2n) is 5.83. The smallest absolute Gasteiger partial charge is 0.336 e. The molecule has 0 fully saturated rings. The minimum Gasteiger partial charge on any atom is -0.490 e. The van der Waals surface area contributed by atoms with Crippen LogP contribution in [0.3, 0.4) is 0 Å². The molecule has 4 rings (SSSR count). The Morgan fingerprint density at radius 1 is 1.05 bits per heavy atom. The van der Waals surface area contributed by atoms with E-state index in [9.17, 15) is 4.79 Å². The summed E-state index contributed by atoms with van der Waals surface area (Å²) >= 11 is 0. The number of aryl methyl sites for hydroxylation is 1. The summed E-state index contributed by atoms with van der Waals surface area (Å²) in [5, 5.41) is 0.931. The highest BCUT2D eigenvalue weighted by molar-refractivity contribution is 5.94. The highest BCUT2D eigenvalue weighted by atomic mass is 16.5. The van der Waals surface area contributed by atoms with Gasteiger partial charge in [0.15, 0.2) is 0 Å². The third kappa shape index (κ3) is 1.45. The molecule has 0 radical (unpaired) electrons. The first-order valence-corrected chi connectivity index (χ1v) is 7.00. The van der Waals surface area contributed by atoms with Gasteiger partial charge >= 0.3 is 5.63 Å². The lowest BCUT2D eigenvalue weighted by Crippen LogP contribution is -2.07. The van der Waals surface area contributed by atoms with Gasteiger partial charge < -0.3 is 13.9 Å². The maximum Gasteiger partial charge on any atom is 0.336 e. The zero-order valence-corrected chi connectivity index (χ0v) is 11.8. The molecule has 4 nitrogen and oxygen atoms in total. The van der Waals surface area contributed by atoms with Gasteiger partial charge in [0, 0.05) is 30.0 Å². The molecule has 2 aliphatic rings. The van der Waals surface area contributed by atoms with Crippen LogP contribution in [0.2, 0.25) is 0 Å². The van der Waals surface area contributed by atoms with E-state index < -0.39 is 0 Å². The van der Waals surface area contributed by atoms with Gasteiger partial charge in [0.25, 0.3) is 0 Å². The number of ether oxygens (including phenoxy) is 2. The van der Waals surface area contributed by atoms with Crippen LogP contribution >= 0.6 is 0 Å². The molecule has 0 saturated heterocycles. The van der Waals surface area contributed by atoms with Crippen molar-refractivity contribution in [2.45, 2.75) is 45.8 Å². The third-order valence-corrected chi connectivity index (χ3v) is 4.10. The van der Waals surface area contributed by atoms with Crippen LogP contribution in [0.25, 0.3) is 11.0 Å². The molecular weight excluding hydrogens is 256 g/mol. The zero-order valence-electron chi connectivity index (χ0n) is 11.8. The van der Waals surface area contributed by atoms with Crippen molar-refractivity contribution in [2.75, 3.05) is 0 Å². The number of benzene rings is 1. The molecule has 1 aromatic heterocycles. The number of hydrogen-bond donors (Lipinski definition) is 0. The lowest BCUT2D eigenvalue weighted by Gasteiger charge is -2.11. The van der Waals surface area contributed by atoms with Crippen molar-refractivity contribution in [3.05, 3.63) is 33.2 Å². The fourth-order valence-corrected chi connectivity index (χ4v) is 3.35. The SMILES string of the molecule is Cc1cc(=O)oc2c3c(c4c(c12)OC(C)C4)OC(C)C3. The van der Waals surface area contributed by atoms with Gasteiger partial charge in [-0.05, 0) is 26.3 Å². The Morgan fingerprint density at radius 2 is 1.70 bits per heavy atom. The normalized spacial score (nSPS) is 23.4. The van der Waals surface area contributed by atoms with Crippen molar-refractivity contribution in [2.24, 2.45) is 0 Å². The van der Waals surface area contributed by atoms with Crippen molar-refractivity contribution in [3.63, 3.8) is 0 Å². The van der Waals surface area contributed by atoms with E-state index in [0.29, 0.717) is 5.58 Å². The van der Waals surface area contributed by atoms with Gasteiger partial charge in [-0.2, -0.15) is 0 Å². The zero-order chi connectivity index (χ0) is 14.0. The Kier molecular flexibility index (Phi) is 2.23. The molecule has 2 atom stereocenters. The Balaban J connectivity index is 2.18. The maximum atomic E-state index is 11.7. The van der Waals surface area contributed by atoms with Crippen molar-refractivity contribution >= 4 is 11.0 Å². The second kappa shape index (κ2) is 3.78. The van der Waals surface area contributed by atoms with Gasteiger partial charge in [-0.3, -0.25) is 0 Å². The van der Waals surface area contributed by atoms with Gasteiger partial charge in [-0.15, -0.1) is 0 Å². The predicted octanol–water partition coefficient (Wildman–Crippen LogP) is 2.75. The van der Waals surface area contributed by atoms with Crippen molar-refractivity contribution in [3.8, 4) is 11.5 Å². The quantitative estimate of drug-likeness (QED) is 0.692. The second-order valence-corrected chi connectivity index (χ2v) is 5.83. The Hall–Kier alpha value is -1.97. The van der Waals surface area contributed by atoms with Crippen molar-refractivity contribution in [1.29, 1.82) is 0 Å². The highest BCUT2D eigenvalue weighted by Gasteiger charge is 2.35. The molecular formula is C16H16O4. The Bertz CT molecular complexity index is 787. The van der Waals surface area contributed by atoms with Crippen LogP contribution in [0.15, 0.2) is 15.3 Å². The summed E-state index contributed by atoms with van der Waals surface area (Å²) in [6.45, 7) is 6.01. The lowest BCUT2D eigenvalue weighted by molar-refractivity contribution is 0.251. The number of fused-ring (bicyclic) bond motifs is 6. The molecule has 2 unspecified atom stereocenters. The molecule has 0 saturated carbocycles. The van der Waals surface area contributed by atoms with E-state index in [1.165, 1.54) is 6.07 Å². The molecule has 3 heterocycles. The van der Waals surface area contributed by atoms with Crippen LogP contribution in [0.4, 0.5) is 0 Å².